The fourth-order valence-corrected chi connectivity index (χ4v) is 1.78. The van der Waals surface area contributed by atoms with Crippen LogP contribution in [0.25, 0.3) is 0 Å². The van der Waals surface area contributed by atoms with Crippen LogP contribution in [0.2, 0.25) is 0 Å². The molecule has 0 aromatic heterocycles. The molecule has 1 aromatic carbocycles. The van der Waals surface area contributed by atoms with Gasteiger partial charge in [0.25, 0.3) is 0 Å². The van der Waals surface area contributed by atoms with Crippen molar-refractivity contribution >= 4 is 11.5 Å². The Morgan fingerprint density at radius 1 is 1.44 bits per heavy atom. The minimum atomic E-state index is -0.350. The average Bonchev–Trinajstić information content (AvgIpc) is 2.40. The third kappa shape index (κ3) is 3.35. The van der Waals surface area contributed by atoms with E-state index in [2.05, 4.69) is 12.1 Å². The number of hydrogen-bond acceptors (Lipinski definition) is 3. The molecule has 0 heterocycles. The zero-order chi connectivity index (χ0) is 13.5. The summed E-state index contributed by atoms with van der Waals surface area (Å²) in [5, 5.41) is 11.4. The number of nitrogens with zero attached hydrogens (tertiary/aromatic N) is 2. The van der Waals surface area contributed by atoms with Crippen LogP contribution in [-0.2, 0) is 0 Å². The fraction of sp³-hybridized carbons (Fsp3) is 0.462. The van der Waals surface area contributed by atoms with Crippen molar-refractivity contribution in [2.75, 3.05) is 18.0 Å². The third-order valence-electron chi connectivity index (χ3n) is 2.86. The van der Waals surface area contributed by atoms with Gasteiger partial charge in [-0.1, -0.05) is 18.5 Å². The monoisotopic (exact) mass is 253 g/mol. The Kier molecular flexibility index (Phi) is 5.42. The molecule has 0 fully saturated rings. The smallest absolute Gasteiger partial charge is 0.170 e. The van der Waals surface area contributed by atoms with Crippen LogP contribution < -0.4 is 10.6 Å². The van der Waals surface area contributed by atoms with Crippen molar-refractivity contribution in [3.8, 4) is 0 Å². The molecule has 0 radical (unpaired) electrons. The van der Waals surface area contributed by atoms with Crippen molar-refractivity contribution < 1.29 is 9.60 Å². The molecule has 0 atom stereocenters. The number of benzene rings is 1. The lowest BCUT2D eigenvalue weighted by Crippen LogP contribution is -2.25. The van der Waals surface area contributed by atoms with E-state index in [1.807, 2.05) is 11.8 Å². The number of anilines is 1. The molecule has 0 bridgehead atoms. The van der Waals surface area contributed by atoms with Crippen LogP contribution in [0.4, 0.5) is 10.1 Å². The Bertz CT molecular complexity index is 421. The number of hydrogen-bond donors (Lipinski definition) is 2. The van der Waals surface area contributed by atoms with Crippen LogP contribution in [0.1, 0.15) is 32.3 Å². The third-order valence-corrected chi connectivity index (χ3v) is 2.86. The van der Waals surface area contributed by atoms with E-state index in [4.69, 9.17) is 10.9 Å². The predicted octanol–water partition coefficient (Wildman–Crippen LogP) is 2.55. The van der Waals surface area contributed by atoms with Crippen LogP contribution >= 0.6 is 0 Å². The number of rotatable bonds is 6. The van der Waals surface area contributed by atoms with Gasteiger partial charge in [-0.05, 0) is 31.5 Å². The molecule has 5 heteroatoms. The number of nitrogens with two attached hydrogens (primary N) is 1. The SMILES string of the molecule is CCCCN(CC)c1ccc(/C(N)=N/O)cc1F. The molecule has 1 rings (SSSR count). The normalized spacial score (nSPS) is 11.6. The first-order valence-corrected chi connectivity index (χ1v) is 6.16. The van der Waals surface area contributed by atoms with E-state index < -0.39 is 0 Å². The molecule has 3 N–H and O–H groups in total. The summed E-state index contributed by atoms with van der Waals surface area (Å²) in [6, 6.07) is 4.61. The minimum Gasteiger partial charge on any atom is -0.409 e. The van der Waals surface area contributed by atoms with Crippen molar-refractivity contribution in [1.29, 1.82) is 0 Å². The first-order valence-electron chi connectivity index (χ1n) is 6.16. The Morgan fingerprint density at radius 2 is 2.17 bits per heavy atom. The van der Waals surface area contributed by atoms with Crippen LogP contribution in [0, 0.1) is 5.82 Å². The van der Waals surface area contributed by atoms with E-state index in [-0.39, 0.29) is 11.7 Å². The van der Waals surface area contributed by atoms with Gasteiger partial charge in [0, 0.05) is 18.7 Å². The summed E-state index contributed by atoms with van der Waals surface area (Å²) in [5.41, 5.74) is 6.36. The summed E-state index contributed by atoms with van der Waals surface area (Å²) in [4.78, 5) is 1.98. The van der Waals surface area contributed by atoms with Crippen molar-refractivity contribution in [3.63, 3.8) is 0 Å². The molecular weight excluding hydrogens is 233 g/mol. The maximum absolute atomic E-state index is 14.0. The topological polar surface area (TPSA) is 61.8 Å². The zero-order valence-corrected chi connectivity index (χ0v) is 10.9. The molecule has 0 spiro atoms. The lowest BCUT2D eigenvalue weighted by atomic mass is 10.1. The Labute approximate surface area is 107 Å². The quantitative estimate of drug-likeness (QED) is 0.354. The van der Waals surface area contributed by atoms with Crippen molar-refractivity contribution in [1.82, 2.24) is 0 Å². The molecule has 0 aliphatic heterocycles. The maximum atomic E-state index is 14.0. The highest BCUT2D eigenvalue weighted by molar-refractivity contribution is 5.97. The van der Waals surface area contributed by atoms with Crippen LogP contribution in [0.5, 0.6) is 0 Å². The van der Waals surface area contributed by atoms with Gasteiger partial charge < -0.3 is 15.8 Å². The second-order valence-corrected chi connectivity index (χ2v) is 4.08. The highest BCUT2D eigenvalue weighted by Crippen LogP contribution is 2.21. The molecule has 1 aromatic rings. The van der Waals surface area contributed by atoms with E-state index in [1.54, 1.807) is 12.1 Å². The molecule has 0 saturated carbocycles. The largest absolute Gasteiger partial charge is 0.409 e. The molecule has 0 aliphatic rings. The predicted molar refractivity (Wildman–Crippen MR) is 71.7 cm³/mol. The number of amidine groups is 1. The number of oxime groups is 1. The lowest BCUT2D eigenvalue weighted by molar-refractivity contribution is 0.318. The Morgan fingerprint density at radius 3 is 2.67 bits per heavy atom. The van der Waals surface area contributed by atoms with Crippen molar-refractivity contribution in [2.45, 2.75) is 26.7 Å². The lowest BCUT2D eigenvalue weighted by Gasteiger charge is -2.23. The Hall–Kier alpha value is -1.78. The second-order valence-electron chi connectivity index (χ2n) is 4.08. The van der Waals surface area contributed by atoms with Crippen LogP contribution in [0.3, 0.4) is 0 Å². The highest BCUT2D eigenvalue weighted by Gasteiger charge is 2.11. The standard InChI is InChI=1S/C13H20FN3O/c1-3-5-8-17(4-2)12-7-6-10(9-11(12)14)13(15)16-18/h6-7,9,18H,3-5,8H2,1-2H3,(H2,15,16). The first kappa shape index (κ1) is 14.3. The molecule has 18 heavy (non-hydrogen) atoms. The van der Waals surface area contributed by atoms with Gasteiger partial charge in [-0.15, -0.1) is 0 Å². The van der Waals surface area contributed by atoms with E-state index in [0.29, 0.717) is 11.3 Å². The summed E-state index contributed by atoms with van der Waals surface area (Å²) in [5.74, 6) is -0.436. The number of halogens is 1. The first-order chi connectivity index (χ1) is 8.63. The van der Waals surface area contributed by atoms with Crippen molar-refractivity contribution in [2.24, 2.45) is 10.9 Å². The fourth-order valence-electron chi connectivity index (χ4n) is 1.78. The average molecular weight is 253 g/mol. The van der Waals surface area contributed by atoms with Gasteiger partial charge >= 0.3 is 0 Å². The van der Waals surface area contributed by atoms with Gasteiger partial charge in [-0.2, -0.15) is 0 Å². The van der Waals surface area contributed by atoms with E-state index >= 15 is 0 Å². The van der Waals surface area contributed by atoms with E-state index in [1.165, 1.54) is 6.07 Å². The summed E-state index contributed by atoms with van der Waals surface area (Å²) in [6.07, 6.45) is 2.09. The van der Waals surface area contributed by atoms with Gasteiger partial charge in [0.15, 0.2) is 5.84 Å². The summed E-state index contributed by atoms with van der Waals surface area (Å²) >= 11 is 0. The summed E-state index contributed by atoms with van der Waals surface area (Å²) in [6.45, 7) is 5.67. The van der Waals surface area contributed by atoms with Gasteiger partial charge in [-0.3, -0.25) is 0 Å². The van der Waals surface area contributed by atoms with Crippen molar-refractivity contribution in [3.05, 3.63) is 29.6 Å². The summed E-state index contributed by atoms with van der Waals surface area (Å²) < 4.78 is 14.0. The molecule has 100 valence electrons. The molecule has 4 nitrogen and oxygen atoms in total. The highest BCUT2D eigenvalue weighted by atomic mass is 19.1. The van der Waals surface area contributed by atoms with E-state index in [9.17, 15) is 4.39 Å². The molecular formula is C13H20FN3O. The second kappa shape index (κ2) is 6.83. The summed E-state index contributed by atoms with van der Waals surface area (Å²) in [7, 11) is 0. The maximum Gasteiger partial charge on any atom is 0.170 e. The van der Waals surface area contributed by atoms with Gasteiger partial charge in [-0.25, -0.2) is 4.39 Å². The minimum absolute atomic E-state index is 0.0861. The van der Waals surface area contributed by atoms with Gasteiger partial charge in [0.1, 0.15) is 5.82 Å². The molecule has 0 saturated heterocycles. The Balaban J connectivity index is 2.96. The zero-order valence-electron chi connectivity index (χ0n) is 10.9. The van der Waals surface area contributed by atoms with Crippen LogP contribution in [0.15, 0.2) is 23.4 Å². The molecule has 0 unspecified atom stereocenters. The van der Waals surface area contributed by atoms with E-state index in [0.717, 1.165) is 25.9 Å². The van der Waals surface area contributed by atoms with Gasteiger partial charge in [0.2, 0.25) is 0 Å². The molecule has 0 aliphatic carbocycles. The van der Waals surface area contributed by atoms with Gasteiger partial charge in [0.05, 0.1) is 5.69 Å². The number of unbranched alkanes of at least 4 members (excludes halogenated alkanes) is 1. The molecule has 0 amide bonds. The van der Waals surface area contributed by atoms with Crippen LogP contribution in [-0.4, -0.2) is 24.1 Å².